The molecule has 1 N–H and O–H groups in total. The van der Waals surface area contributed by atoms with Crippen LogP contribution >= 0.6 is 11.3 Å². The van der Waals surface area contributed by atoms with Crippen LogP contribution in [0, 0.1) is 0 Å². The van der Waals surface area contributed by atoms with Crippen molar-refractivity contribution in [3.63, 3.8) is 0 Å². The van der Waals surface area contributed by atoms with Crippen molar-refractivity contribution in [2.45, 2.75) is 65.3 Å². The highest BCUT2D eigenvalue weighted by Gasteiger charge is 2.31. The van der Waals surface area contributed by atoms with Crippen LogP contribution in [0.1, 0.15) is 70.1 Å². The molecule has 0 saturated heterocycles. The molecule has 0 radical (unpaired) electrons. The average molecular weight is 713 g/mol. The summed E-state index contributed by atoms with van der Waals surface area (Å²) in [5, 5.41) is 8.61. The van der Waals surface area contributed by atoms with Crippen molar-refractivity contribution < 1.29 is 0 Å². The summed E-state index contributed by atoms with van der Waals surface area (Å²) in [5.41, 5.74) is 14.3. The summed E-state index contributed by atoms with van der Waals surface area (Å²) in [4.78, 5) is 2.31. The van der Waals surface area contributed by atoms with Gasteiger partial charge in [0.25, 0.3) is 0 Å². The molecular weight excluding hydrogens is 661 g/mol. The number of allylic oxidation sites excluding steroid dienone is 4. The monoisotopic (exact) mass is 712 g/mol. The largest absolute Gasteiger partial charge is 0.376 e. The number of thiophene rings is 1. The fourth-order valence-electron chi connectivity index (χ4n) is 7.26. The number of nitrogens with zero attached hydrogens (tertiary/aromatic N) is 1. The van der Waals surface area contributed by atoms with Gasteiger partial charge in [0.15, 0.2) is 0 Å². The van der Waals surface area contributed by atoms with Crippen LogP contribution in [-0.2, 0) is 12.0 Å². The number of nitrogens with one attached hydrogen (secondary N) is 1. The van der Waals surface area contributed by atoms with Gasteiger partial charge in [0.05, 0.1) is 5.54 Å². The predicted molar refractivity (Wildman–Crippen MR) is 233 cm³/mol. The van der Waals surface area contributed by atoms with Crippen molar-refractivity contribution >= 4 is 34.0 Å². The highest BCUT2D eigenvalue weighted by atomic mass is 32.1. The lowest BCUT2D eigenvalue weighted by Crippen LogP contribution is -2.34. The quantitative estimate of drug-likeness (QED) is 0.101. The lowest BCUT2D eigenvalue weighted by Gasteiger charge is -2.36. The molecule has 0 bridgehead atoms. The maximum atomic E-state index is 4.28. The highest BCUT2D eigenvalue weighted by molar-refractivity contribution is 7.08. The molecule has 0 unspecified atom stereocenters. The van der Waals surface area contributed by atoms with E-state index in [0.29, 0.717) is 0 Å². The molecule has 0 spiro atoms. The van der Waals surface area contributed by atoms with Gasteiger partial charge in [-0.15, -0.1) is 0 Å². The Morgan fingerprint density at radius 2 is 1.36 bits per heavy atom. The Morgan fingerprint density at radius 3 is 2.06 bits per heavy atom. The van der Waals surface area contributed by atoms with Crippen LogP contribution in [0.25, 0.3) is 27.8 Å². The summed E-state index contributed by atoms with van der Waals surface area (Å²) in [7, 11) is 0. The van der Waals surface area contributed by atoms with Crippen LogP contribution in [0.15, 0.2) is 175 Å². The number of benzene rings is 5. The third-order valence-corrected chi connectivity index (χ3v) is 11.1. The SMILES string of the molecule is C=C/C(=C\C=C(/C)c1cscc1-c1ccccc1C(CC)(CC)Nc1ccc(-c2ccccc2)cc1)N(c1ccccc1)c1cccc(CCCC)c1. The minimum Gasteiger partial charge on any atom is -0.376 e. The molecule has 0 amide bonds. The van der Waals surface area contributed by atoms with E-state index >= 15 is 0 Å². The van der Waals surface area contributed by atoms with Crippen LogP contribution in [0.4, 0.5) is 17.1 Å². The zero-order valence-electron chi connectivity index (χ0n) is 31.7. The lowest BCUT2D eigenvalue weighted by atomic mass is 9.79. The summed E-state index contributed by atoms with van der Waals surface area (Å²) < 4.78 is 0. The van der Waals surface area contributed by atoms with Gasteiger partial charge in [-0.05, 0) is 131 Å². The normalized spacial score (nSPS) is 12.1. The van der Waals surface area contributed by atoms with E-state index in [-0.39, 0.29) is 5.54 Å². The molecule has 5 aromatic carbocycles. The van der Waals surface area contributed by atoms with E-state index < -0.39 is 0 Å². The Morgan fingerprint density at radius 1 is 0.698 bits per heavy atom. The minimum absolute atomic E-state index is 0.237. The molecule has 6 rings (SSSR count). The van der Waals surface area contributed by atoms with E-state index in [0.717, 1.165) is 42.0 Å². The molecule has 0 aliphatic heterocycles. The number of hydrogen-bond donors (Lipinski definition) is 1. The molecule has 2 nitrogen and oxygen atoms in total. The zero-order chi connectivity index (χ0) is 37.0. The molecule has 1 heterocycles. The van der Waals surface area contributed by atoms with Crippen LogP contribution in [0.5, 0.6) is 0 Å². The van der Waals surface area contributed by atoms with Gasteiger partial charge in [0.1, 0.15) is 0 Å². The zero-order valence-corrected chi connectivity index (χ0v) is 32.5. The molecule has 6 aromatic rings. The van der Waals surface area contributed by atoms with Crippen molar-refractivity contribution in [3.05, 3.63) is 191 Å². The van der Waals surface area contributed by atoms with Gasteiger partial charge in [-0.2, -0.15) is 11.3 Å². The Labute approximate surface area is 321 Å². The standard InChI is InChI=1S/C50H52N2S/c1-6-10-20-39-21-19-26-45(35-39)52(44-24-15-12-16-25-44)43(7-2)34-29-38(5)47-36-53-37-48(47)46-27-17-18-28-49(46)50(8-3,9-4)51-42-32-30-41(31-33-42)40-22-13-11-14-23-40/h7,11-19,21-37,51H,2,6,8-10,20H2,1,3-5H3/b38-29+,43-34+. The van der Waals surface area contributed by atoms with Gasteiger partial charge in [-0.1, -0.05) is 137 Å². The topological polar surface area (TPSA) is 15.3 Å². The summed E-state index contributed by atoms with van der Waals surface area (Å²) >= 11 is 1.76. The first-order valence-corrected chi connectivity index (χ1v) is 20.0. The second-order valence-electron chi connectivity index (χ2n) is 13.7. The minimum atomic E-state index is -0.237. The number of para-hydroxylation sites is 1. The van der Waals surface area contributed by atoms with Gasteiger partial charge in [-0.25, -0.2) is 0 Å². The van der Waals surface area contributed by atoms with Crippen molar-refractivity contribution in [1.29, 1.82) is 0 Å². The Balaban J connectivity index is 1.34. The second kappa shape index (κ2) is 17.9. The fourth-order valence-corrected chi connectivity index (χ4v) is 8.17. The molecular formula is C50H52N2S. The van der Waals surface area contributed by atoms with E-state index in [2.05, 4.69) is 201 Å². The highest BCUT2D eigenvalue weighted by Crippen LogP contribution is 2.42. The van der Waals surface area contributed by atoms with E-state index in [1.54, 1.807) is 11.3 Å². The number of anilines is 3. The maximum Gasteiger partial charge on any atom is 0.0626 e. The van der Waals surface area contributed by atoms with Crippen LogP contribution < -0.4 is 10.2 Å². The van der Waals surface area contributed by atoms with Gasteiger partial charge in [0.2, 0.25) is 0 Å². The summed E-state index contributed by atoms with van der Waals surface area (Å²) in [6.45, 7) is 13.3. The second-order valence-corrected chi connectivity index (χ2v) is 14.4. The van der Waals surface area contributed by atoms with Gasteiger partial charge >= 0.3 is 0 Å². The third kappa shape index (κ3) is 8.64. The van der Waals surface area contributed by atoms with E-state index in [1.165, 1.54) is 57.4 Å². The van der Waals surface area contributed by atoms with Gasteiger partial charge < -0.3 is 10.2 Å². The first-order valence-electron chi connectivity index (χ1n) is 19.1. The van der Waals surface area contributed by atoms with Crippen LogP contribution in [0.2, 0.25) is 0 Å². The Hall–Kier alpha value is -5.38. The van der Waals surface area contributed by atoms with Gasteiger partial charge in [0, 0.05) is 28.3 Å². The molecule has 1 aromatic heterocycles. The summed E-state index contributed by atoms with van der Waals surface area (Å²) in [6.07, 6.45) is 11.8. The van der Waals surface area contributed by atoms with Crippen molar-refractivity contribution in [1.82, 2.24) is 0 Å². The Kier molecular flexibility index (Phi) is 12.6. The molecule has 0 atom stereocenters. The molecule has 53 heavy (non-hydrogen) atoms. The average Bonchev–Trinajstić information content (AvgIpc) is 3.72. The number of unbranched alkanes of at least 4 members (excludes halogenated alkanes) is 1. The van der Waals surface area contributed by atoms with Crippen molar-refractivity contribution in [2.24, 2.45) is 0 Å². The fraction of sp³-hybridized carbons (Fsp3) is 0.200. The molecule has 0 fully saturated rings. The number of hydrogen-bond acceptors (Lipinski definition) is 3. The van der Waals surface area contributed by atoms with Crippen LogP contribution in [0.3, 0.4) is 0 Å². The molecule has 0 saturated carbocycles. The summed E-state index contributed by atoms with van der Waals surface area (Å²) in [5.74, 6) is 0. The van der Waals surface area contributed by atoms with Crippen LogP contribution in [-0.4, -0.2) is 0 Å². The molecule has 3 heteroatoms. The first kappa shape index (κ1) is 37.4. The summed E-state index contributed by atoms with van der Waals surface area (Å²) in [6, 6.07) is 48.0. The molecule has 0 aliphatic carbocycles. The Bertz CT molecular complexity index is 2130. The van der Waals surface area contributed by atoms with E-state index in [4.69, 9.17) is 0 Å². The molecule has 0 aliphatic rings. The van der Waals surface area contributed by atoms with E-state index in [9.17, 15) is 0 Å². The third-order valence-electron chi connectivity index (χ3n) is 10.4. The van der Waals surface area contributed by atoms with Gasteiger partial charge in [-0.3, -0.25) is 0 Å². The first-order chi connectivity index (χ1) is 26.0. The lowest BCUT2D eigenvalue weighted by molar-refractivity contribution is 0.456. The number of rotatable bonds is 16. The number of aryl methyl sites for hydroxylation is 1. The molecule has 268 valence electrons. The van der Waals surface area contributed by atoms with Crippen molar-refractivity contribution in [3.8, 4) is 22.3 Å². The van der Waals surface area contributed by atoms with Crippen molar-refractivity contribution in [2.75, 3.05) is 10.2 Å². The maximum absolute atomic E-state index is 4.28. The smallest absolute Gasteiger partial charge is 0.0626 e. The predicted octanol–water partition coefficient (Wildman–Crippen LogP) is 14.9. The van der Waals surface area contributed by atoms with E-state index in [1.807, 2.05) is 6.08 Å².